The molecule has 1 aromatic heterocycles. The van der Waals surface area contributed by atoms with Gasteiger partial charge in [0.15, 0.2) is 5.96 Å². The SMILES string of the molecule is CCNC(=NCC1CCCOC1C(C)(C)C)NCCc1nccn1Cc1ccccc1.I. The Labute approximate surface area is 210 Å². The van der Waals surface area contributed by atoms with Crippen LogP contribution in [-0.2, 0) is 17.7 Å². The van der Waals surface area contributed by atoms with E-state index in [1.54, 1.807) is 0 Å². The van der Waals surface area contributed by atoms with E-state index in [4.69, 9.17) is 9.73 Å². The van der Waals surface area contributed by atoms with Gasteiger partial charge in [0.05, 0.1) is 6.10 Å². The van der Waals surface area contributed by atoms with Gasteiger partial charge in [-0.15, -0.1) is 24.0 Å². The first-order valence-electron chi connectivity index (χ1n) is 11.6. The highest BCUT2D eigenvalue weighted by Crippen LogP contribution is 2.34. The minimum absolute atomic E-state index is 0. The minimum Gasteiger partial charge on any atom is -0.377 e. The lowest BCUT2D eigenvalue weighted by Gasteiger charge is -2.39. The van der Waals surface area contributed by atoms with Crippen LogP contribution in [0.25, 0.3) is 0 Å². The van der Waals surface area contributed by atoms with Gasteiger partial charge in [0.1, 0.15) is 5.82 Å². The molecular formula is C25H40IN5O. The summed E-state index contributed by atoms with van der Waals surface area (Å²) in [6.07, 6.45) is 7.35. The Kier molecular flexibility index (Phi) is 11.0. The maximum absolute atomic E-state index is 6.12. The molecule has 2 N–H and O–H groups in total. The van der Waals surface area contributed by atoms with Crippen molar-refractivity contribution in [1.82, 2.24) is 20.2 Å². The Morgan fingerprint density at radius 1 is 1.22 bits per heavy atom. The zero-order chi connectivity index (χ0) is 22.1. The van der Waals surface area contributed by atoms with Crippen LogP contribution in [0.15, 0.2) is 47.7 Å². The van der Waals surface area contributed by atoms with Crippen LogP contribution in [0.4, 0.5) is 0 Å². The summed E-state index contributed by atoms with van der Waals surface area (Å²) in [5, 5.41) is 6.87. The predicted octanol–water partition coefficient (Wildman–Crippen LogP) is 4.49. The molecule has 1 fully saturated rings. The third-order valence-electron chi connectivity index (χ3n) is 5.76. The fourth-order valence-corrected chi connectivity index (χ4v) is 4.32. The topological polar surface area (TPSA) is 63.5 Å². The fourth-order valence-electron chi connectivity index (χ4n) is 4.32. The van der Waals surface area contributed by atoms with E-state index in [2.05, 4.69) is 78.3 Å². The van der Waals surface area contributed by atoms with Crippen molar-refractivity contribution in [3.63, 3.8) is 0 Å². The van der Waals surface area contributed by atoms with Crippen molar-refractivity contribution in [1.29, 1.82) is 0 Å². The maximum Gasteiger partial charge on any atom is 0.191 e. The van der Waals surface area contributed by atoms with Crippen molar-refractivity contribution in [2.45, 2.75) is 59.6 Å². The van der Waals surface area contributed by atoms with E-state index >= 15 is 0 Å². The van der Waals surface area contributed by atoms with E-state index in [0.29, 0.717) is 5.92 Å². The van der Waals surface area contributed by atoms with Crippen LogP contribution < -0.4 is 10.6 Å². The molecule has 0 spiro atoms. The number of benzene rings is 1. The lowest BCUT2D eigenvalue weighted by Crippen LogP contribution is -2.43. The first-order valence-corrected chi connectivity index (χ1v) is 11.6. The van der Waals surface area contributed by atoms with Gasteiger partial charge >= 0.3 is 0 Å². The van der Waals surface area contributed by atoms with Crippen molar-refractivity contribution in [3.8, 4) is 0 Å². The average Bonchev–Trinajstić information content (AvgIpc) is 3.19. The number of hydrogen-bond acceptors (Lipinski definition) is 3. The van der Waals surface area contributed by atoms with Crippen molar-refractivity contribution >= 4 is 29.9 Å². The first kappa shape index (κ1) is 26.6. The van der Waals surface area contributed by atoms with Crippen LogP contribution in [0.3, 0.4) is 0 Å². The Morgan fingerprint density at radius 3 is 2.72 bits per heavy atom. The lowest BCUT2D eigenvalue weighted by atomic mass is 9.78. The monoisotopic (exact) mass is 553 g/mol. The number of imidazole rings is 1. The van der Waals surface area contributed by atoms with Gasteiger partial charge in [0.25, 0.3) is 0 Å². The highest BCUT2D eigenvalue weighted by Gasteiger charge is 2.35. The largest absolute Gasteiger partial charge is 0.377 e. The molecule has 2 aromatic rings. The van der Waals surface area contributed by atoms with Gasteiger partial charge in [0, 0.05) is 57.5 Å². The summed E-state index contributed by atoms with van der Waals surface area (Å²) in [7, 11) is 0. The lowest BCUT2D eigenvalue weighted by molar-refractivity contribution is -0.0823. The van der Waals surface area contributed by atoms with Gasteiger partial charge in [0.2, 0.25) is 0 Å². The number of ether oxygens (including phenoxy) is 1. The summed E-state index contributed by atoms with van der Waals surface area (Å²) < 4.78 is 8.33. The number of rotatable bonds is 8. The number of nitrogens with zero attached hydrogens (tertiary/aromatic N) is 3. The number of aliphatic imine (C=N–C) groups is 1. The molecule has 178 valence electrons. The molecule has 32 heavy (non-hydrogen) atoms. The minimum atomic E-state index is 0. The van der Waals surface area contributed by atoms with Gasteiger partial charge in [-0.05, 0) is 30.7 Å². The Morgan fingerprint density at radius 2 is 2.00 bits per heavy atom. The normalized spacial score (nSPS) is 19.3. The van der Waals surface area contributed by atoms with Gasteiger partial charge < -0.3 is 19.9 Å². The Hall–Kier alpha value is -1.61. The van der Waals surface area contributed by atoms with Crippen LogP contribution in [-0.4, -0.2) is 47.9 Å². The summed E-state index contributed by atoms with van der Waals surface area (Å²) in [6, 6.07) is 10.5. The number of hydrogen-bond donors (Lipinski definition) is 2. The molecule has 0 aliphatic carbocycles. The summed E-state index contributed by atoms with van der Waals surface area (Å²) in [5.74, 6) is 2.43. The third-order valence-corrected chi connectivity index (χ3v) is 5.76. The number of aromatic nitrogens is 2. The third kappa shape index (κ3) is 8.06. The smallest absolute Gasteiger partial charge is 0.191 e. The van der Waals surface area contributed by atoms with Crippen LogP contribution in [0.2, 0.25) is 0 Å². The predicted molar refractivity (Wildman–Crippen MR) is 143 cm³/mol. The van der Waals surface area contributed by atoms with Gasteiger partial charge in [-0.1, -0.05) is 51.1 Å². The van der Waals surface area contributed by atoms with Gasteiger partial charge in [-0.3, -0.25) is 4.99 Å². The summed E-state index contributed by atoms with van der Waals surface area (Å²) in [5.41, 5.74) is 1.43. The average molecular weight is 554 g/mol. The Balaban J connectivity index is 0.00000363. The van der Waals surface area contributed by atoms with Gasteiger partial charge in [-0.2, -0.15) is 0 Å². The molecule has 2 unspecified atom stereocenters. The van der Waals surface area contributed by atoms with E-state index in [-0.39, 0.29) is 35.5 Å². The van der Waals surface area contributed by atoms with Crippen molar-refractivity contribution in [2.75, 3.05) is 26.2 Å². The van der Waals surface area contributed by atoms with Crippen molar-refractivity contribution < 1.29 is 4.74 Å². The second-order valence-corrected chi connectivity index (χ2v) is 9.41. The second-order valence-electron chi connectivity index (χ2n) is 9.41. The number of guanidine groups is 1. The summed E-state index contributed by atoms with van der Waals surface area (Å²) in [4.78, 5) is 9.45. The Bertz CT molecular complexity index is 815. The highest BCUT2D eigenvalue weighted by molar-refractivity contribution is 14.0. The molecule has 2 atom stereocenters. The molecule has 7 heteroatoms. The first-order chi connectivity index (χ1) is 15.0. The van der Waals surface area contributed by atoms with Crippen LogP contribution >= 0.6 is 24.0 Å². The molecule has 0 amide bonds. The van der Waals surface area contributed by atoms with E-state index in [9.17, 15) is 0 Å². The molecule has 6 nitrogen and oxygen atoms in total. The molecule has 1 aliphatic heterocycles. The van der Waals surface area contributed by atoms with E-state index in [1.807, 2.05) is 12.3 Å². The quantitative estimate of drug-likeness (QED) is 0.288. The molecule has 0 bridgehead atoms. The fraction of sp³-hybridized carbons (Fsp3) is 0.600. The molecule has 0 radical (unpaired) electrons. The molecule has 1 aliphatic rings. The molecule has 2 heterocycles. The molecule has 3 rings (SSSR count). The van der Waals surface area contributed by atoms with E-state index in [1.165, 1.54) is 12.0 Å². The summed E-state index contributed by atoms with van der Waals surface area (Å²) >= 11 is 0. The van der Waals surface area contributed by atoms with E-state index < -0.39 is 0 Å². The molecular weight excluding hydrogens is 513 g/mol. The second kappa shape index (κ2) is 13.2. The highest BCUT2D eigenvalue weighted by atomic mass is 127. The zero-order valence-corrected chi connectivity index (χ0v) is 22.3. The van der Waals surface area contributed by atoms with Crippen LogP contribution in [0.1, 0.15) is 51.9 Å². The van der Waals surface area contributed by atoms with E-state index in [0.717, 1.165) is 57.4 Å². The van der Waals surface area contributed by atoms with Crippen molar-refractivity contribution in [3.05, 3.63) is 54.1 Å². The van der Waals surface area contributed by atoms with Gasteiger partial charge in [-0.25, -0.2) is 4.98 Å². The zero-order valence-electron chi connectivity index (χ0n) is 20.0. The number of halogens is 1. The molecule has 1 saturated heterocycles. The maximum atomic E-state index is 6.12. The number of nitrogens with one attached hydrogen (secondary N) is 2. The summed E-state index contributed by atoms with van der Waals surface area (Å²) in [6.45, 7) is 13.0. The molecule has 0 saturated carbocycles. The molecule has 1 aromatic carbocycles. The van der Waals surface area contributed by atoms with Crippen molar-refractivity contribution in [2.24, 2.45) is 16.3 Å². The standard InChI is InChI=1S/C25H39N5O.HI/c1-5-26-24(29-18-21-12-9-17-31-23(21)25(2,3)4)28-14-13-22-27-15-16-30(22)19-20-10-7-6-8-11-20;/h6-8,10-11,15-16,21,23H,5,9,12-14,17-19H2,1-4H3,(H2,26,28,29);1H. The van der Waals surface area contributed by atoms with Crippen LogP contribution in [0.5, 0.6) is 0 Å². The van der Waals surface area contributed by atoms with Crippen LogP contribution in [0, 0.1) is 11.3 Å².